The van der Waals surface area contributed by atoms with Crippen molar-refractivity contribution in [1.82, 2.24) is 9.64 Å². The number of rotatable bonds is 2. The van der Waals surface area contributed by atoms with Crippen molar-refractivity contribution in [3.63, 3.8) is 0 Å². The molecule has 2 heterocycles. The smallest absolute Gasteiger partial charge is 0.290 e. The largest absolute Gasteiger partial charge is 0.373 e. The molecular weight excluding hydrogens is 210 g/mol. The van der Waals surface area contributed by atoms with E-state index < -0.39 is 5.56 Å². The summed E-state index contributed by atoms with van der Waals surface area (Å²) in [6.07, 6.45) is 0.888. The summed E-state index contributed by atoms with van der Waals surface area (Å²) in [5.41, 5.74) is 5.32. The van der Waals surface area contributed by atoms with E-state index in [9.17, 15) is 9.59 Å². The summed E-state index contributed by atoms with van der Waals surface area (Å²) in [5.74, 6) is 0.101. The van der Waals surface area contributed by atoms with Crippen LogP contribution in [0.1, 0.15) is 17.0 Å². The zero-order valence-electron chi connectivity index (χ0n) is 9.18. The Bertz CT molecular complexity index is 448. The Morgan fingerprint density at radius 2 is 2.44 bits per heavy atom. The van der Waals surface area contributed by atoms with E-state index in [1.54, 1.807) is 6.92 Å². The highest BCUT2D eigenvalue weighted by molar-refractivity contribution is 5.79. The predicted octanol–water partition coefficient (Wildman–Crippen LogP) is -0.577. The maximum atomic E-state index is 11.7. The molecule has 1 saturated heterocycles. The molecule has 1 aliphatic heterocycles. The molecule has 1 aromatic rings. The van der Waals surface area contributed by atoms with Crippen LogP contribution in [-0.2, 0) is 0 Å². The summed E-state index contributed by atoms with van der Waals surface area (Å²) in [7, 11) is 0. The van der Waals surface area contributed by atoms with Crippen LogP contribution in [0.2, 0.25) is 0 Å². The molecule has 88 valence electrons. The lowest BCUT2D eigenvalue weighted by Gasteiger charge is -2.12. The Hall–Kier alpha value is -1.40. The van der Waals surface area contributed by atoms with Crippen LogP contribution >= 0.6 is 0 Å². The van der Waals surface area contributed by atoms with Crippen molar-refractivity contribution in [3.05, 3.63) is 22.2 Å². The molecule has 0 aliphatic carbocycles. The second kappa shape index (κ2) is 4.23. The molecule has 1 fully saturated rings. The van der Waals surface area contributed by atoms with Crippen LogP contribution in [0.4, 0.5) is 0 Å². The second-order valence-corrected chi connectivity index (χ2v) is 4.16. The lowest BCUT2D eigenvalue weighted by Crippen LogP contribution is -2.35. The number of aryl methyl sites for hydroxylation is 1. The highest BCUT2D eigenvalue weighted by Gasteiger charge is 2.23. The fourth-order valence-corrected chi connectivity index (χ4v) is 1.88. The number of nitrogens with zero attached hydrogens (tertiary/aromatic N) is 2. The van der Waals surface area contributed by atoms with Gasteiger partial charge in [-0.05, 0) is 13.3 Å². The van der Waals surface area contributed by atoms with E-state index in [-0.39, 0.29) is 18.5 Å². The van der Waals surface area contributed by atoms with Crippen molar-refractivity contribution in [2.24, 2.45) is 5.73 Å². The third kappa shape index (κ3) is 2.23. The zero-order valence-corrected chi connectivity index (χ0v) is 9.18. The van der Waals surface area contributed by atoms with Gasteiger partial charge in [0.05, 0.1) is 6.54 Å². The van der Waals surface area contributed by atoms with Crippen molar-refractivity contribution < 1.29 is 9.32 Å². The maximum absolute atomic E-state index is 11.7. The fraction of sp³-hybridized carbons (Fsp3) is 0.600. The van der Waals surface area contributed by atoms with Gasteiger partial charge in [-0.3, -0.25) is 14.5 Å². The molecule has 0 amide bonds. The van der Waals surface area contributed by atoms with E-state index in [0.29, 0.717) is 12.3 Å². The minimum atomic E-state index is -0.411. The van der Waals surface area contributed by atoms with E-state index in [0.717, 1.165) is 17.7 Å². The second-order valence-electron chi connectivity index (χ2n) is 4.16. The van der Waals surface area contributed by atoms with Crippen molar-refractivity contribution >= 4 is 5.91 Å². The van der Waals surface area contributed by atoms with Gasteiger partial charge in [-0.15, -0.1) is 4.74 Å². The lowest BCUT2D eigenvalue weighted by molar-refractivity contribution is 0.0729. The van der Waals surface area contributed by atoms with Gasteiger partial charge in [0.15, 0.2) is 0 Å². The number of hydrogen-bond donors (Lipinski definition) is 1. The average Bonchev–Trinajstić information content (AvgIpc) is 2.73. The summed E-state index contributed by atoms with van der Waals surface area (Å²) in [5, 5.41) is 0. The molecular formula is C10H15N3O3. The van der Waals surface area contributed by atoms with Gasteiger partial charge in [0.25, 0.3) is 11.5 Å². The van der Waals surface area contributed by atoms with E-state index in [2.05, 4.69) is 0 Å². The SMILES string of the molecule is Cc1cc(=O)n(C(=O)CN2CC[C@@H](N)C2)o1. The number of nitrogens with two attached hydrogens (primary N) is 1. The number of hydrogen-bond acceptors (Lipinski definition) is 5. The van der Waals surface area contributed by atoms with Gasteiger partial charge in [-0.25, -0.2) is 0 Å². The molecule has 0 unspecified atom stereocenters. The number of likely N-dealkylation sites (tertiary alicyclic amines) is 1. The minimum absolute atomic E-state index is 0.128. The quantitative estimate of drug-likeness (QED) is 0.728. The Morgan fingerprint density at radius 3 is 2.94 bits per heavy atom. The van der Waals surface area contributed by atoms with Crippen molar-refractivity contribution in [2.45, 2.75) is 19.4 Å². The molecule has 6 nitrogen and oxygen atoms in total. The first-order valence-electron chi connectivity index (χ1n) is 5.27. The van der Waals surface area contributed by atoms with Gasteiger partial charge in [0, 0.05) is 25.2 Å². The monoisotopic (exact) mass is 225 g/mol. The van der Waals surface area contributed by atoms with Crippen LogP contribution in [0.3, 0.4) is 0 Å². The predicted molar refractivity (Wildman–Crippen MR) is 57.4 cm³/mol. The van der Waals surface area contributed by atoms with Gasteiger partial charge < -0.3 is 10.3 Å². The number of carbonyl (C=O) groups excluding carboxylic acids is 1. The topological polar surface area (TPSA) is 81.5 Å². The summed E-state index contributed by atoms with van der Waals surface area (Å²) >= 11 is 0. The van der Waals surface area contributed by atoms with Crippen molar-refractivity contribution in [1.29, 1.82) is 0 Å². The normalized spacial score (nSPS) is 21.5. The van der Waals surface area contributed by atoms with Gasteiger partial charge in [-0.1, -0.05) is 0 Å². The number of carbonyl (C=O) groups is 1. The van der Waals surface area contributed by atoms with E-state index in [4.69, 9.17) is 10.3 Å². The number of aromatic nitrogens is 1. The standard InChI is InChI=1S/C10H15N3O3/c1-7-4-9(14)13(16-7)10(15)6-12-3-2-8(11)5-12/h4,8H,2-3,5-6,11H2,1H3/t8-/m1/s1. The van der Waals surface area contributed by atoms with Gasteiger partial charge in [0.1, 0.15) is 5.76 Å². The van der Waals surface area contributed by atoms with E-state index in [1.807, 2.05) is 4.90 Å². The molecule has 0 radical (unpaired) electrons. The highest BCUT2D eigenvalue weighted by atomic mass is 16.5. The first-order chi connectivity index (χ1) is 7.56. The Labute approximate surface area is 92.6 Å². The molecule has 16 heavy (non-hydrogen) atoms. The fourth-order valence-electron chi connectivity index (χ4n) is 1.88. The van der Waals surface area contributed by atoms with Gasteiger partial charge in [0.2, 0.25) is 0 Å². The summed E-state index contributed by atoms with van der Waals surface area (Å²) in [6, 6.07) is 1.43. The highest BCUT2D eigenvalue weighted by Crippen LogP contribution is 2.06. The van der Waals surface area contributed by atoms with Crippen molar-refractivity contribution in [2.75, 3.05) is 19.6 Å². The minimum Gasteiger partial charge on any atom is -0.373 e. The maximum Gasteiger partial charge on any atom is 0.290 e. The molecule has 2 N–H and O–H groups in total. The molecule has 1 aliphatic rings. The Balaban J connectivity index is 2.03. The van der Waals surface area contributed by atoms with Crippen LogP contribution in [-0.4, -0.2) is 41.2 Å². The van der Waals surface area contributed by atoms with Gasteiger partial charge >= 0.3 is 0 Å². The third-order valence-electron chi connectivity index (χ3n) is 2.66. The molecule has 0 saturated carbocycles. The molecule has 2 rings (SSSR count). The van der Waals surface area contributed by atoms with Gasteiger partial charge in [-0.2, -0.15) is 0 Å². The molecule has 0 spiro atoms. The summed E-state index contributed by atoms with van der Waals surface area (Å²) < 4.78 is 5.81. The first kappa shape index (κ1) is 11.1. The Kier molecular flexibility index (Phi) is 2.93. The zero-order chi connectivity index (χ0) is 11.7. The van der Waals surface area contributed by atoms with E-state index >= 15 is 0 Å². The van der Waals surface area contributed by atoms with Crippen LogP contribution in [0.15, 0.2) is 15.4 Å². The molecule has 0 bridgehead atoms. The van der Waals surface area contributed by atoms with E-state index in [1.165, 1.54) is 6.07 Å². The summed E-state index contributed by atoms with van der Waals surface area (Å²) in [6.45, 7) is 3.30. The van der Waals surface area contributed by atoms with Crippen LogP contribution in [0, 0.1) is 6.92 Å². The lowest BCUT2D eigenvalue weighted by atomic mass is 10.3. The molecule has 1 atom stereocenters. The summed E-state index contributed by atoms with van der Waals surface area (Å²) in [4.78, 5) is 25.0. The van der Waals surface area contributed by atoms with Crippen LogP contribution in [0.25, 0.3) is 0 Å². The molecule has 1 aromatic heterocycles. The van der Waals surface area contributed by atoms with Crippen LogP contribution < -0.4 is 11.3 Å². The third-order valence-corrected chi connectivity index (χ3v) is 2.66. The molecule has 6 heteroatoms. The van der Waals surface area contributed by atoms with Crippen LogP contribution in [0.5, 0.6) is 0 Å². The first-order valence-corrected chi connectivity index (χ1v) is 5.27. The molecule has 0 aromatic carbocycles. The Morgan fingerprint density at radius 1 is 1.69 bits per heavy atom. The average molecular weight is 225 g/mol. The van der Waals surface area contributed by atoms with Crippen molar-refractivity contribution in [3.8, 4) is 0 Å².